The average Bonchev–Trinajstić information content (AvgIpc) is 2.55. The van der Waals surface area contributed by atoms with Gasteiger partial charge in [0.15, 0.2) is 0 Å². The van der Waals surface area contributed by atoms with Gasteiger partial charge in [-0.05, 0) is 12.5 Å². The minimum absolute atomic E-state index is 0.00927. The number of nitrogens with zero attached hydrogens (tertiary/aromatic N) is 1. The molecule has 1 aliphatic heterocycles. The maximum absolute atomic E-state index is 12.1. The minimum atomic E-state index is 0.00927. The third kappa shape index (κ3) is 1.63. The summed E-state index contributed by atoms with van der Waals surface area (Å²) in [5.74, 6) is 0.0181. The number of rotatable bonds is 3. The van der Waals surface area contributed by atoms with Crippen LogP contribution in [0.3, 0.4) is 0 Å². The quantitative estimate of drug-likeness (QED) is 0.838. The Morgan fingerprint density at radius 3 is 2.56 bits per heavy atom. The molecule has 0 aromatic heterocycles. The zero-order valence-electron chi connectivity index (χ0n) is 9.44. The van der Waals surface area contributed by atoms with Gasteiger partial charge < -0.3 is 10.6 Å². The molecule has 0 spiro atoms. The molecule has 0 saturated carbocycles. The maximum Gasteiger partial charge on any atom is 0.259 e. The standard InChI is InChI=1S/C13H16N2O/c1-3-10(14)8-15-9(2)11-6-4-5-7-12(11)13(15)16/h4-7,10H,2-3,8,14H2,1H3. The lowest BCUT2D eigenvalue weighted by atomic mass is 10.1. The summed E-state index contributed by atoms with van der Waals surface area (Å²) in [5.41, 5.74) is 8.30. The van der Waals surface area contributed by atoms with Crippen molar-refractivity contribution in [3.63, 3.8) is 0 Å². The first-order valence-electron chi connectivity index (χ1n) is 5.51. The van der Waals surface area contributed by atoms with Gasteiger partial charge in [0.25, 0.3) is 5.91 Å². The van der Waals surface area contributed by atoms with Crippen molar-refractivity contribution in [3.05, 3.63) is 42.0 Å². The molecule has 0 bridgehead atoms. The molecular formula is C13H16N2O. The summed E-state index contributed by atoms with van der Waals surface area (Å²) in [6, 6.07) is 7.55. The first-order chi connectivity index (χ1) is 7.65. The lowest BCUT2D eigenvalue weighted by Crippen LogP contribution is -2.36. The number of carbonyl (C=O) groups is 1. The van der Waals surface area contributed by atoms with Crippen molar-refractivity contribution in [2.75, 3.05) is 6.54 Å². The Morgan fingerprint density at radius 1 is 1.38 bits per heavy atom. The Labute approximate surface area is 95.6 Å². The number of nitrogens with two attached hydrogens (primary N) is 1. The Balaban J connectivity index is 2.28. The van der Waals surface area contributed by atoms with Crippen LogP contribution in [0.4, 0.5) is 0 Å². The van der Waals surface area contributed by atoms with Gasteiger partial charge in [-0.3, -0.25) is 4.79 Å². The topological polar surface area (TPSA) is 46.3 Å². The van der Waals surface area contributed by atoms with Crippen molar-refractivity contribution in [2.24, 2.45) is 5.73 Å². The van der Waals surface area contributed by atoms with Gasteiger partial charge in [-0.25, -0.2) is 0 Å². The van der Waals surface area contributed by atoms with E-state index in [1.165, 1.54) is 0 Å². The summed E-state index contributed by atoms with van der Waals surface area (Å²) in [4.78, 5) is 13.7. The van der Waals surface area contributed by atoms with Crippen LogP contribution < -0.4 is 5.73 Å². The van der Waals surface area contributed by atoms with Crippen LogP contribution in [0.15, 0.2) is 30.8 Å². The van der Waals surface area contributed by atoms with Crippen molar-refractivity contribution in [2.45, 2.75) is 19.4 Å². The van der Waals surface area contributed by atoms with E-state index in [1.54, 1.807) is 4.90 Å². The van der Waals surface area contributed by atoms with Gasteiger partial charge in [0.2, 0.25) is 0 Å². The van der Waals surface area contributed by atoms with Gasteiger partial charge in [-0.15, -0.1) is 0 Å². The average molecular weight is 216 g/mol. The lowest BCUT2D eigenvalue weighted by molar-refractivity contribution is 0.0844. The first-order valence-corrected chi connectivity index (χ1v) is 5.51. The highest BCUT2D eigenvalue weighted by atomic mass is 16.2. The van der Waals surface area contributed by atoms with E-state index in [-0.39, 0.29) is 11.9 Å². The third-order valence-electron chi connectivity index (χ3n) is 2.98. The van der Waals surface area contributed by atoms with E-state index in [2.05, 4.69) is 6.58 Å². The highest BCUT2D eigenvalue weighted by Gasteiger charge is 2.30. The summed E-state index contributed by atoms with van der Waals surface area (Å²) in [7, 11) is 0. The number of hydrogen-bond acceptors (Lipinski definition) is 2. The summed E-state index contributed by atoms with van der Waals surface area (Å²) >= 11 is 0. The van der Waals surface area contributed by atoms with Gasteiger partial charge in [-0.2, -0.15) is 0 Å². The van der Waals surface area contributed by atoms with Crippen molar-refractivity contribution >= 4 is 11.6 Å². The van der Waals surface area contributed by atoms with Crippen LogP contribution in [0.25, 0.3) is 5.70 Å². The van der Waals surface area contributed by atoms with Gasteiger partial charge in [0.1, 0.15) is 0 Å². The Morgan fingerprint density at radius 2 is 2.00 bits per heavy atom. The summed E-state index contributed by atoms with van der Waals surface area (Å²) in [6.07, 6.45) is 0.855. The fourth-order valence-electron chi connectivity index (χ4n) is 1.89. The van der Waals surface area contributed by atoms with E-state index in [0.29, 0.717) is 6.54 Å². The van der Waals surface area contributed by atoms with Gasteiger partial charge in [0.05, 0.1) is 0 Å². The second-order valence-corrected chi connectivity index (χ2v) is 4.08. The van der Waals surface area contributed by atoms with E-state index in [9.17, 15) is 4.79 Å². The SMILES string of the molecule is C=C1c2ccccc2C(=O)N1CC(N)CC. The van der Waals surface area contributed by atoms with Crippen LogP contribution in [-0.2, 0) is 0 Å². The van der Waals surface area contributed by atoms with Crippen molar-refractivity contribution in [1.82, 2.24) is 4.90 Å². The maximum atomic E-state index is 12.1. The first kappa shape index (κ1) is 10.9. The van der Waals surface area contributed by atoms with Gasteiger partial charge in [0, 0.05) is 29.4 Å². The summed E-state index contributed by atoms with van der Waals surface area (Å²) < 4.78 is 0. The Bertz CT molecular complexity index is 404. The van der Waals surface area contributed by atoms with Gasteiger partial charge in [-0.1, -0.05) is 31.7 Å². The number of fused-ring (bicyclic) bond motifs is 1. The molecule has 2 rings (SSSR count). The molecule has 1 amide bonds. The normalized spacial score (nSPS) is 16.5. The number of amides is 1. The van der Waals surface area contributed by atoms with E-state index < -0.39 is 0 Å². The minimum Gasteiger partial charge on any atom is -0.326 e. The fourth-order valence-corrected chi connectivity index (χ4v) is 1.89. The van der Waals surface area contributed by atoms with Crippen LogP contribution in [0.5, 0.6) is 0 Å². The van der Waals surface area contributed by atoms with E-state index in [0.717, 1.165) is 23.2 Å². The number of hydrogen-bond donors (Lipinski definition) is 1. The predicted octanol–water partition coefficient (Wildman–Crippen LogP) is 1.85. The molecule has 3 heteroatoms. The highest BCUT2D eigenvalue weighted by molar-refractivity contribution is 6.08. The molecule has 1 aromatic carbocycles. The second kappa shape index (κ2) is 4.10. The Hall–Kier alpha value is -1.61. The predicted molar refractivity (Wildman–Crippen MR) is 64.8 cm³/mol. The van der Waals surface area contributed by atoms with Crippen LogP contribution >= 0.6 is 0 Å². The molecule has 1 atom stereocenters. The fraction of sp³-hybridized carbons (Fsp3) is 0.308. The summed E-state index contributed by atoms with van der Waals surface area (Å²) in [5, 5.41) is 0. The van der Waals surface area contributed by atoms with Gasteiger partial charge >= 0.3 is 0 Å². The molecule has 0 radical (unpaired) electrons. The second-order valence-electron chi connectivity index (χ2n) is 4.08. The number of benzene rings is 1. The molecule has 3 nitrogen and oxygen atoms in total. The van der Waals surface area contributed by atoms with E-state index in [1.807, 2.05) is 31.2 Å². The molecule has 0 aliphatic carbocycles. The molecule has 1 aliphatic rings. The Kier molecular flexibility index (Phi) is 2.79. The molecule has 16 heavy (non-hydrogen) atoms. The third-order valence-corrected chi connectivity index (χ3v) is 2.98. The number of carbonyl (C=O) groups excluding carboxylic acids is 1. The summed E-state index contributed by atoms with van der Waals surface area (Å²) in [6.45, 7) is 6.52. The van der Waals surface area contributed by atoms with Crippen LogP contribution in [0.1, 0.15) is 29.3 Å². The molecule has 0 fully saturated rings. The van der Waals surface area contributed by atoms with E-state index in [4.69, 9.17) is 5.73 Å². The molecule has 2 N–H and O–H groups in total. The van der Waals surface area contributed by atoms with Crippen molar-refractivity contribution in [1.29, 1.82) is 0 Å². The van der Waals surface area contributed by atoms with Crippen LogP contribution in [0, 0.1) is 0 Å². The molecule has 84 valence electrons. The monoisotopic (exact) mass is 216 g/mol. The van der Waals surface area contributed by atoms with E-state index >= 15 is 0 Å². The lowest BCUT2D eigenvalue weighted by Gasteiger charge is -2.20. The smallest absolute Gasteiger partial charge is 0.259 e. The molecular weight excluding hydrogens is 200 g/mol. The molecule has 0 saturated heterocycles. The highest BCUT2D eigenvalue weighted by Crippen LogP contribution is 2.30. The molecule has 1 unspecified atom stereocenters. The largest absolute Gasteiger partial charge is 0.326 e. The zero-order chi connectivity index (χ0) is 11.7. The molecule has 1 heterocycles. The van der Waals surface area contributed by atoms with Crippen LogP contribution in [0.2, 0.25) is 0 Å². The van der Waals surface area contributed by atoms with Crippen LogP contribution in [-0.4, -0.2) is 23.4 Å². The van der Waals surface area contributed by atoms with Crippen molar-refractivity contribution < 1.29 is 4.79 Å². The zero-order valence-corrected chi connectivity index (χ0v) is 9.44. The van der Waals surface area contributed by atoms with Crippen molar-refractivity contribution in [3.8, 4) is 0 Å². The molecule has 1 aromatic rings.